The van der Waals surface area contributed by atoms with Gasteiger partial charge in [0.15, 0.2) is 0 Å². The summed E-state index contributed by atoms with van der Waals surface area (Å²) in [4.78, 5) is 10.6. The monoisotopic (exact) mass is 372 g/mol. The molecule has 0 bridgehead atoms. The molecule has 0 aliphatic carbocycles. The minimum atomic E-state index is -4.37. The molecule has 6 heteroatoms. The van der Waals surface area contributed by atoms with Crippen LogP contribution in [0.5, 0.6) is 0 Å². The van der Waals surface area contributed by atoms with Crippen molar-refractivity contribution < 1.29 is 18.0 Å². The summed E-state index contributed by atoms with van der Waals surface area (Å²) in [5, 5.41) is 0. The smallest absolute Gasteiger partial charge is 0.299 e. The Bertz CT molecular complexity index is 429. The van der Waals surface area contributed by atoms with E-state index in [2.05, 4.69) is 31.9 Å². The van der Waals surface area contributed by atoms with E-state index in [1.54, 1.807) is 0 Å². The minimum absolute atomic E-state index is 0.116. The van der Waals surface area contributed by atoms with E-state index in [9.17, 15) is 18.0 Å². The van der Waals surface area contributed by atoms with E-state index in [-0.39, 0.29) is 12.2 Å². The quantitative estimate of drug-likeness (QED) is 0.719. The molecule has 1 rings (SSSR count). The molecule has 17 heavy (non-hydrogen) atoms. The summed E-state index contributed by atoms with van der Waals surface area (Å²) in [6.45, 7) is 1.39. The van der Waals surface area contributed by atoms with E-state index < -0.39 is 16.6 Å². The maximum atomic E-state index is 12.5. The van der Waals surface area contributed by atoms with Crippen LogP contribution in [0.4, 0.5) is 13.2 Å². The standard InChI is InChI=1S/C11H9Br2F3O/c1-6(17)10(13)5-7-4-8(11(14,15)16)2-3-9(7)12/h2-4,10H,5H2,1H3. The Hall–Kier alpha value is -0.360. The predicted octanol–water partition coefficient (Wildman–Crippen LogP) is 4.36. The summed E-state index contributed by atoms with van der Waals surface area (Å²) in [6, 6.07) is 3.41. The van der Waals surface area contributed by atoms with E-state index >= 15 is 0 Å². The van der Waals surface area contributed by atoms with Gasteiger partial charge in [0.05, 0.1) is 10.4 Å². The molecule has 0 saturated carbocycles. The van der Waals surface area contributed by atoms with Crippen molar-refractivity contribution in [1.82, 2.24) is 0 Å². The van der Waals surface area contributed by atoms with Gasteiger partial charge in [-0.15, -0.1) is 0 Å². The molecular formula is C11H9Br2F3O. The molecule has 1 nitrogen and oxygen atoms in total. The van der Waals surface area contributed by atoms with Crippen molar-refractivity contribution >= 4 is 37.6 Å². The highest BCUT2D eigenvalue weighted by Gasteiger charge is 2.31. The van der Waals surface area contributed by atoms with Crippen molar-refractivity contribution in [3.63, 3.8) is 0 Å². The van der Waals surface area contributed by atoms with Gasteiger partial charge in [-0.3, -0.25) is 4.79 Å². The molecule has 0 spiro atoms. The number of rotatable bonds is 3. The Morgan fingerprint density at radius 1 is 1.41 bits per heavy atom. The fraction of sp³-hybridized carbons (Fsp3) is 0.364. The number of carbonyl (C=O) groups is 1. The van der Waals surface area contributed by atoms with E-state index in [0.717, 1.165) is 12.1 Å². The lowest BCUT2D eigenvalue weighted by Crippen LogP contribution is -2.14. The summed E-state index contributed by atoms with van der Waals surface area (Å²) in [7, 11) is 0. The Morgan fingerprint density at radius 2 is 2.00 bits per heavy atom. The molecule has 0 aliphatic heterocycles. The lowest BCUT2D eigenvalue weighted by Gasteiger charge is -2.12. The van der Waals surface area contributed by atoms with Crippen LogP contribution < -0.4 is 0 Å². The minimum Gasteiger partial charge on any atom is -0.299 e. The molecule has 0 radical (unpaired) electrons. The van der Waals surface area contributed by atoms with Crippen molar-refractivity contribution in [1.29, 1.82) is 0 Å². The Labute approximate surface area is 114 Å². The number of alkyl halides is 4. The van der Waals surface area contributed by atoms with E-state index in [0.29, 0.717) is 10.0 Å². The van der Waals surface area contributed by atoms with E-state index in [1.165, 1.54) is 13.0 Å². The summed E-state index contributed by atoms with van der Waals surface area (Å²) < 4.78 is 38.1. The number of ketones is 1. The van der Waals surface area contributed by atoms with Crippen LogP contribution in [0.3, 0.4) is 0 Å². The SMILES string of the molecule is CC(=O)C(Br)Cc1cc(C(F)(F)F)ccc1Br. The maximum Gasteiger partial charge on any atom is 0.416 e. The highest BCUT2D eigenvalue weighted by atomic mass is 79.9. The van der Waals surface area contributed by atoms with E-state index in [4.69, 9.17) is 0 Å². The highest BCUT2D eigenvalue weighted by Crippen LogP contribution is 2.32. The molecule has 94 valence electrons. The lowest BCUT2D eigenvalue weighted by atomic mass is 10.0. The largest absolute Gasteiger partial charge is 0.416 e. The zero-order chi connectivity index (χ0) is 13.2. The lowest BCUT2D eigenvalue weighted by molar-refractivity contribution is -0.137. The second-order valence-electron chi connectivity index (χ2n) is 3.59. The normalized spacial score (nSPS) is 13.5. The number of halogens is 5. The van der Waals surface area contributed by atoms with Gasteiger partial charge in [-0.2, -0.15) is 13.2 Å². The molecule has 0 amide bonds. The Kier molecular flexibility index (Phi) is 4.77. The van der Waals surface area contributed by atoms with Gasteiger partial charge >= 0.3 is 6.18 Å². The van der Waals surface area contributed by atoms with Gasteiger partial charge in [0.1, 0.15) is 5.78 Å². The molecule has 1 aromatic carbocycles. The van der Waals surface area contributed by atoms with Crippen LogP contribution in [-0.4, -0.2) is 10.6 Å². The zero-order valence-corrected chi connectivity index (χ0v) is 12.0. The van der Waals surface area contributed by atoms with Gasteiger partial charge in [0.2, 0.25) is 0 Å². The third-order valence-electron chi connectivity index (χ3n) is 2.21. The second kappa shape index (κ2) is 5.52. The summed E-state index contributed by atoms with van der Waals surface area (Å²) >= 11 is 6.31. The van der Waals surface area contributed by atoms with Crippen molar-refractivity contribution in [2.45, 2.75) is 24.3 Å². The van der Waals surface area contributed by atoms with Crippen molar-refractivity contribution in [2.75, 3.05) is 0 Å². The first-order chi connectivity index (χ1) is 7.71. The Morgan fingerprint density at radius 3 is 2.47 bits per heavy atom. The predicted molar refractivity (Wildman–Crippen MR) is 66.2 cm³/mol. The van der Waals surface area contributed by atoms with Crippen LogP contribution in [0.25, 0.3) is 0 Å². The van der Waals surface area contributed by atoms with Gasteiger partial charge in [0, 0.05) is 4.47 Å². The van der Waals surface area contributed by atoms with Gasteiger partial charge in [-0.25, -0.2) is 0 Å². The molecule has 0 aromatic heterocycles. The van der Waals surface area contributed by atoms with Gasteiger partial charge in [0.25, 0.3) is 0 Å². The molecule has 0 fully saturated rings. The molecule has 0 saturated heterocycles. The molecule has 1 unspecified atom stereocenters. The van der Waals surface area contributed by atoms with Crippen molar-refractivity contribution in [2.24, 2.45) is 0 Å². The van der Waals surface area contributed by atoms with Crippen LogP contribution in [0.2, 0.25) is 0 Å². The van der Waals surface area contributed by atoms with E-state index in [1.807, 2.05) is 0 Å². The number of hydrogen-bond donors (Lipinski definition) is 0. The Balaban J connectivity index is 3.03. The van der Waals surface area contributed by atoms with Crippen LogP contribution >= 0.6 is 31.9 Å². The first-order valence-electron chi connectivity index (χ1n) is 4.72. The van der Waals surface area contributed by atoms with Gasteiger partial charge in [-0.05, 0) is 37.1 Å². The fourth-order valence-electron chi connectivity index (χ4n) is 1.24. The van der Waals surface area contributed by atoms with Crippen molar-refractivity contribution in [3.8, 4) is 0 Å². The summed E-state index contributed by atoms with van der Waals surface area (Å²) in [6.07, 6.45) is -4.15. The van der Waals surface area contributed by atoms with Crippen LogP contribution in [0.1, 0.15) is 18.1 Å². The molecule has 1 atom stereocenters. The highest BCUT2D eigenvalue weighted by molar-refractivity contribution is 9.10. The molecule has 0 heterocycles. The van der Waals surface area contributed by atoms with Crippen molar-refractivity contribution in [3.05, 3.63) is 33.8 Å². The number of hydrogen-bond acceptors (Lipinski definition) is 1. The third-order valence-corrected chi connectivity index (χ3v) is 3.96. The number of carbonyl (C=O) groups excluding carboxylic acids is 1. The van der Waals surface area contributed by atoms with Gasteiger partial charge in [-0.1, -0.05) is 31.9 Å². The van der Waals surface area contributed by atoms with Crippen LogP contribution in [-0.2, 0) is 17.4 Å². The first-order valence-corrected chi connectivity index (χ1v) is 6.43. The summed E-state index contributed by atoms with van der Waals surface area (Å²) in [5.41, 5.74) is -0.254. The average Bonchev–Trinajstić information content (AvgIpc) is 2.19. The zero-order valence-electron chi connectivity index (χ0n) is 8.81. The third kappa shape index (κ3) is 4.10. The fourth-order valence-corrected chi connectivity index (χ4v) is 2.00. The maximum absolute atomic E-state index is 12.5. The average molecular weight is 374 g/mol. The summed E-state index contributed by atoms with van der Waals surface area (Å²) in [5.74, 6) is -0.116. The number of benzene rings is 1. The molecule has 0 N–H and O–H groups in total. The molecular weight excluding hydrogens is 365 g/mol. The molecule has 0 aliphatic rings. The van der Waals surface area contributed by atoms with Gasteiger partial charge < -0.3 is 0 Å². The molecule has 1 aromatic rings. The first kappa shape index (κ1) is 14.7. The van der Waals surface area contributed by atoms with Crippen LogP contribution in [0.15, 0.2) is 22.7 Å². The topological polar surface area (TPSA) is 17.1 Å². The second-order valence-corrected chi connectivity index (χ2v) is 5.55. The van der Waals surface area contributed by atoms with Crippen LogP contribution in [0, 0.1) is 0 Å². The number of Topliss-reactive ketones (excluding diaryl/α,β-unsaturated/α-hetero) is 1.